The molecule has 1 aromatic rings. The molecule has 1 atom stereocenters. The Hall–Kier alpha value is 0.0500. The molecule has 0 saturated carbocycles. The molecule has 0 aromatic carbocycles. The van der Waals surface area contributed by atoms with Crippen LogP contribution in [0, 0.1) is 6.92 Å². The van der Waals surface area contributed by atoms with E-state index < -0.39 is 16.1 Å². The average molecular weight is 314 g/mol. The Balaban J connectivity index is 2.91. The number of aryl methyl sites for hydroxylation is 1. The molecule has 2 N–H and O–H groups in total. The maximum Gasteiger partial charge on any atom is 0.241 e. The monoisotopic (exact) mass is 313 g/mol. The van der Waals surface area contributed by atoms with E-state index in [1.54, 1.807) is 13.0 Å². The highest BCUT2D eigenvalue weighted by atomic mass is 79.9. The van der Waals surface area contributed by atoms with Gasteiger partial charge >= 0.3 is 0 Å². The van der Waals surface area contributed by atoms with Gasteiger partial charge in [0.05, 0.1) is 14.8 Å². The van der Waals surface area contributed by atoms with Gasteiger partial charge in [-0.25, -0.2) is 13.1 Å². The lowest BCUT2D eigenvalue weighted by molar-refractivity contribution is 0.198. The van der Waals surface area contributed by atoms with Gasteiger partial charge in [0, 0.05) is 11.4 Å². The molecule has 0 radical (unpaired) electrons. The molecule has 0 aliphatic carbocycles. The molecule has 0 fully saturated rings. The van der Waals surface area contributed by atoms with E-state index in [1.165, 1.54) is 18.3 Å². The summed E-state index contributed by atoms with van der Waals surface area (Å²) in [5.74, 6) is 0. The summed E-state index contributed by atoms with van der Waals surface area (Å²) in [6, 6.07) is 1.56. The van der Waals surface area contributed by atoms with E-state index in [0.29, 0.717) is 0 Å². The molecule has 1 aromatic heterocycles. The zero-order valence-electron chi connectivity index (χ0n) is 8.32. The van der Waals surface area contributed by atoms with Crippen molar-refractivity contribution in [1.29, 1.82) is 0 Å². The van der Waals surface area contributed by atoms with E-state index in [2.05, 4.69) is 20.7 Å². The fraction of sp³-hybridized carbons (Fsp3) is 0.500. The Morgan fingerprint density at radius 2 is 2.27 bits per heavy atom. The number of aliphatic hydroxyl groups is 1. The quantitative estimate of drug-likeness (QED) is 0.884. The minimum atomic E-state index is -3.49. The highest BCUT2D eigenvalue weighted by Gasteiger charge is 2.19. The Bertz CT molecular complexity index is 439. The van der Waals surface area contributed by atoms with Gasteiger partial charge in [0.15, 0.2) is 0 Å². The first kappa shape index (κ1) is 13.1. The number of hydrogen-bond donors (Lipinski definition) is 2. The van der Waals surface area contributed by atoms with Crippen LogP contribution in [0.1, 0.15) is 11.8 Å². The fourth-order valence-corrected chi connectivity index (χ4v) is 4.54. The minimum Gasteiger partial charge on any atom is -0.392 e. The topological polar surface area (TPSA) is 66.4 Å². The number of hydrogen-bond acceptors (Lipinski definition) is 4. The van der Waals surface area contributed by atoms with Crippen LogP contribution < -0.4 is 4.72 Å². The van der Waals surface area contributed by atoms with Crippen LogP contribution in [0.2, 0.25) is 0 Å². The summed E-state index contributed by atoms with van der Waals surface area (Å²) in [4.78, 5) is 0.986. The molecule has 0 amide bonds. The predicted molar refractivity (Wildman–Crippen MR) is 63.6 cm³/mol. The lowest BCUT2D eigenvalue weighted by Crippen LogP contribution is -2.30. The fourth-order valence-electron chi connectivity index (χ4n) is 1.01. The van der Waals surface area contributed by atoms with Crippen molar-refractivity contribution < 1.29 is 13.5 Å². The molecule has 1 heterocycles. The molecule has 15 heavy (non-hydrogen) atoms. The summed E-state index contributed by atoms with van der Waals surface area (Å²) in [7, 11) is -3.49. The smallest absolute Gasteiger partial charge is 0.241 e. The Morgan fingerprint density at radius 1 is 1.67 bits per heavy atom. The Labute approximate surface area is 102 Å². The molecule has 1 unspecified atom stereocenters. The molecule has 0 bridgehead atoms. The lowest BCUT2D eigenvalue weighted by Gasteiger charge is -2.07. The zero-order chi connectivity index (χ0) is 11.6. The molecule has 1 rings (SSSR count). The van der Waals surface area contributed by atoms with Crippen molar-refractivity contribution in [2.75, 3.05) is 6.54 Å². The second-order valence-electron chi connectivity index (χ2n) is 3.17. The standard InChI is InChI=1S/C8H12BrNO3S2/c1-5(11)4-10-15(12,13)7-3-8(9)14-6(7)2/h3,5,10-11H,4H2,1-2H3. The number of halogens is 1. The van der Waals surface area contributed by atoms with Crippen molar-refractivity contribution in [3.63, 3.8) is 0 Å². The second kappa shape index (κ2) is 4.92. The SMILES string of the molecule is Cc1sc(Br)cc1S(=O)(=O)NCC(C)O. The van der Waals surface area contributed by atoms with Crippen molar-refractivity contribution in [1.82, 2.24) is 4.72 Å². The molecular formula is C8H12BrNO3S2. The molecule has 4 nitrogen and oxygen atoms in total. The summed E-state index contributed by atoms with van der Waals surface area (Å²) < 4.78 is 26.6. The average Bonchev–Trinajstić information content (AvgIpc) is 2.43. The molecule has 7 heteroatoms. The van der Waals surface area contributed by atoms with Crippen molar-refractivity contribution in [2.24, 2.45) is 0 Å². The predicted octanol–water partition coefficient (Wildman–Crippen LogP) is 1.48. The molecule has 0 spiro atoms. The van der Waals surface area contributed by atoms with Crippen molar-refractivity contribution >= 4 is 37.3 Å². The van der Waals surface area contributed by atoms with Crippen molar-refractivity contribution in [3.05, 3.63) is 14.7 Å². The summed E-state index contributed by atoms with van der Waals surface area (Å²) in [5.41, 5.74) is 0. The molecule has 0 saturated heterocycles. The number of sulfonamides is 1. The number of thiophene rings is 1. The zero-order valence-corrected chi connectivity index (χ0v) is 11.5. The van der Waals surface area contributed by atoms with Gasteiger partial charge in [-0.05, 0) is 35.8 Å². The summed E-state index contributed by atoms with van der Waals surface area (Å²) in [6.45, 7) is 3.29. The maximum atomic E-state index is 11.7. The summed E-state index contributed by atoms with van der Waals surface area (Å²) in [6.07, 6.45) is -0.692. The van der Waals surface area contributed by atoms with E-state index in [0.717, 1.165) is 8.66 Å². The van der Waals surface area contributed by atoms with E-state index in [9.17, 15) is 8.42 Å². The maximum absolute atomic E-state index is 11.7. The molecule has 0 aliphatic rings. The van der Waals surface area contributed by atoms with E-state index >= 15 is 0 Å². The molecular weight excluding hydrogens is 302 g/mol. The highest BCUT2D eigenvalue weighted by Crippen LogP contribution is 2.29. The van der Waals surface area contributed by atoms with Gasteiger partial charge in [0.1, 0.15) is 0 Å². The number of aliphatic hydroxyl groups excluding tert-OH is 1. The van der Waals surface area contributed by atoms with E-state index in [4.69, 9.17) is 5.11 Å². The first-order chi connectivity index (χ1) is 6.83. The van der Waals surface area contributed by atoms with Gasteiger partial charge < -0.3 is 5.11 Å². The van der Waals surface area contributed by atoms with Crippen LogP contribution in [-0.4, -0.2) is 26.2 Å². The van der Waals surface area contributed by atoms with Gasteiger partial charge in [-0.15, -0.1) is 11.3 Å². The highest BCUT2D eigenvalue weighted by molar-refractivity contribution is 9.11. The van der Waals surface area contributed by atoms with Gasteiger partial charge in [-0.2, -0.15) is 0 Å². The Morgan fingerprint density at radius 3 is 2.67 bits per heavy atom. The van der Waals surface area contributed by atoms with Crippen LogP contribution in [0.15, 0.2) is 14.7 Å². The van der Waals surface area contributed by atoms with Crippen LogP contribution in [0.4, 0.5) is 0 Å². The number of nitrogens with one attached hydrogen (secondary N) is 1. The Kier molecular flexibility index (Phi) is 4.30. The minimum absolute atomic E-state index is 0.0231. The normalized spacial score (nSPS) is 14.1. The van der Waals surface area contributed by atoms with Crippen LogP contribution in [0.25, 0.3) is 0 Å². The van der Waals surface area contributed by atoms with Gasteiger partial charge in [0.25, 0.3) is 0 Å². The van der Waals surface area contributed by atoms with Crippen LogP contribution >= 0.6 is 27.3 Å². The van der Waals surface area contributed by atoms with Gasteiger partial charge in [-0.1, -0.05) is 0 Å². The second-order valence-corrected chi connectivity index (χ2v) is 7.54. The molecule has 0 aliphatic heterocycles. The van der Waals surface area contributed by atoms with E-state index in [-0.39, 0.29) is 11.4 Å². The summed E-state index contributed by atoms with van der Waals surface area (Å²) >= 11 is 4.60. The van der Waals surface area contributed by atoms with E-state index in [1.807, 2.05) is 0 Å². The molecule has 86 valence electrons. The first-order valence-corrected chi connectivity index (χ1v) is 7.36. The summed E-state index contributed by atoms with van der Waals surface area (Å²) in [5, 5.41) is 9.00. The first-order valence-electron chi connectivity index (χ1n) is 4.26. The van der Waals surface area contributed by atoms with Gasteiger partial charge in [0.2, 0.25) is 10.0 Å². The van der Waals surface area contributed by atoms with Crippen LogP contribution in [0.3, 0.4) is 0 Å². The van der Waals surface area contributed by atoms with Crippen LogP contribution in [0.5, 0.6) is 0 Å². The van der Waals surface area contributed by atoms with Crippen LogP contribution in [-0.2, 0) is 10.0 Å². The third-order valence-corrected chi connectivity index (χ3v) is 4.93. The largest absolute Gasteiger partial charge is 0.392 e. The van der Waals surface area contributed by atoms with Crippen molar-refractivity contribution in [3.8, 4) is 0 Å². The van der Waals surface area contributed by atoms with Gasteiger partial charge in [-0.3, -0.25) is 0 Å². The third kappa shape index (κ3) is 3.53. The third-order valence-electron chi connectivity index (χ3n) is 1.70. The lowest BCUT2D eigenvalue weighted by atomic mass is 10.4. The number of rotatable bonds is 4. The van der Waals surface area contributed by atoms with Crippen molar-refractivity contribution in [2.45, 2.75) is 24.8 Å².